The van der Waals surface area contributed by atoms with E-state index in [0.717, 1.165) is 5.56 Å². The number of likely N-dealkylation sites (tertiary alicyclic amines) is 1. The van der Waals surface area contributed by atoms with Crippen LogP contribution < -0.4 is 10.6 Å². The maximum atomic E-state index is 11.9. The zero-order valence-electron chi connectivity index (χ0n) is 13.2. The average Bonchev–Trinajstić information content (AvgIpc) is 2.50. The number of nitrogens with one attached hydrogen (secondary N) is 2. The van der Waals surface area contributed by atoms with E-state index < -0.39 is 0 Å². The zero-order valence-corrected chi connectivity index (χ0v) is 13.2. The largest absolute Gasteiger partial charge is 0.354 e. The van der Waals surface area contributed by atoms with Crippen molar-refractivity contribution in [2.45, 2.75) is 6.92 Å². The highest BCUT2D eigenvalue weighted by atomic mass is 16.2. The smallest absolute Gasteiger partial charge is 0.251 e. The fourth-order valence-electron chi connectivity index (χ4n) is 2.27. The van der Waals surface area contributed by atoms with Gasteiger partial charge in [-0.2, -0.15) is 0 Å². The van der Waals surface area contributed by atoms with Crippen LogP contribution in [0.25, 0.3) is 0 Å². The van der Waals surface area contributed by atoms with E-state index >= 15 is 0 Å². The lowest BCUT2D eigenvalue weighted by atomic mass is 9.99. The minimum absolute atomic E-state index is 0.0947. The summed E-state index contributed by atoms with van der Waals surface area (Å²) in [6.07, 6.45) is 1.24. The molecule has 23 heavy (non-hydrogen) atoms. The van der Waals surface area contributed by atoms with Crippen molar-refractivity contribution in [2.24, 2.45) is 5.92 Å². The Bertz CT molecular complexity index is 604. The van der Waals surface area contributed by atoms with Gasteiger partial charge in [-0.3, -0.25) is 14.4 Å². The number of aryl methyl sites for hydroxylation is 1. The van der Waals surface area contributed by atoms with Gasteiger partial charge in [0.2, 0.25) is 11.8 Å². The monoisotopic (exact) mass is 315 g/mol. The molecular weight excluding hydrogens is 294 g/mol. The third kappa shape index (κ3) is 4.42. The predicted molar refractivity (Wildman–Crippen MR) is 86.8 cm³/mol. The summed E-state index contributed by atoms with van der Waals surface area (Å²) < 4.78 is 0. The van der Waals surface area contributed by atoms with Crippen LogP contribution in [0.3, 0.4) is 0 Å². The Labute approximate surface area is 135 Å². The fourth-order valence-corrected chi connectivity index (χ4v) is 2.27. The molecule has 1 aliphatic heterocycles. The van der Waals surface area contributed by atoms with Gasteiger partial charge in [0.1, 0.15) is 0 Å². The van der Waals surface area contributed by atoms with E-state index in [4.69, 9.17) is 0 Å². The van der Waals surface area contributed by atoms with E-state index in [2.05, 4.69) is 17.2 Å². The molecule has 1 aromatic carbocycles. The topological polar surface area (TPSA) is 78.5 Å². The first-order chi connectivity index (χ1) is 11.0. The van der Waals surface area contributed by atoms with Gasteiger partial charge in [-0.25, -0.2) is 0 Å². The number of benzene rings is 1. The SMILES string of the molecule is C=CC(=O)N1CC(C(=O)NCCNC(=O)c2ccc(C)cc2)C1. The molecule has 0 atom stereocenters. The number of hydrogen-bond acceptors (Lipinski definition) is 3. The molecule has 1 saturated heterocycles. The van der Waals surface area contributed by atoms with Crippen LogP contribution >= 0.6 is 0 Å². The molecule has 2 N–H and O–H groups in total. The van der Waals surface area contributed by atoms with Gasteiger partial charge in [-0.1, -0.05) is 24.3 Å². The highest BCUT2D eigenvalue weighted by molar-refractivity contribution is 5.94. The molecule has 0 saturated carbocycles. The molecule has 1 fully saturated rings. The summed E-state index contributed by atoms with van der Waals surface area (Å²) in [5.41, 5.74) is 1.69. The van der Waals surface area contributed by atoms with Crippen molar-refractivity contribution in [2.75, 3.05) is 26.2 Å². The molecular formula is C17H21N3O3. The Morgan fingerprint density at radius 2 is 1.78 bits per heavy atom. The molecule has 122 valence electrons. The second-order valence-electron chi connectivity index (χ2n) is 5.56. The lowest BCUT2D eigenvalue weighted by molar-refractivity contribution is -0.139. The highest BCUT2D eigenvalue weighted by Gasteiger charge is 2.34. The van der Waals surface area contributed by atoms with E-state index in [1.54, 1.807) is 17.0 Å². The van der Waals surface area contributed by atoms with Gasteiger partial charge in [0.05, 0.1) is 5.92 Å². The lowest BCUT2D eigenvalue weighted by Crippen LogP contribution is -2.55. The number of carbonyl (C=O) groups is 3. The third-order valence-electron chi connectivity index (χ3n) is 3.76. The second kappa shape index (κ2) is 7.58. The van der Waals surface area contributed by atoms with Gasteiger partial charge < -0.3 is 15.5 Å². The molecule has 2 rings (SSSR count). The molecule has 0 aliphatic carbocycles. The number of hydrogen-bond donors (Lipinski definition) is 2. The maximum absolute atomic E-state index is 11.9. The first-order valence-electron chi connectivity index (χ1n) is 7.55. The number of rotatable bonds is 6. The third-order valence-corrected chi connectivity index (χ3v) is 3.76. The summed E-state index contributed by atoms with van der Waals surface area (Å²) in [5, 5.41) is 5.51. The van der Waals surface area contributed by atoms with E-state index in [1.807, 2.05) is 19.1 Å². The summed E-state index contributed by atoms with van der Waals surface area (Å²) in [6.45, 7) is 6.94. The van der Waals surface area contributed by atoms with Crippen molar-refractivity contribution in [3.8, 4) is 0 Å². The Kier molecular flexibility index (Phi) is 5.51. The quantitative estimate of drug-likeness (QED) is 0.592. The minimum atomic E-state index is -0.174. The molecule has 0 spiro atoms. The van der Waals surface area contributed by atoms with Gasteiger partial charge >= 0.3 is 0 Å². The Morgan fingerprint density at radius 1 is 1.17 bits per heavy atom. The fraction of sp³-hybridized carbons (Fsp3) is 0.353. The van der Waals surface area contributed by atoms with Crippen molar-refractivity contribution in [3.05, 3.63) is 48.0 Å². The van der Waals surface area contributed by atoms with Gasteiger partial charge in [0.15, 0.2) is 0 Å². The normalized spacial score (nSPS) is 13.9. The number of carbonyl (C=O) groups excluding carboxylic acids is 3. The average molecular weight is 315 g/mol. The Hall–Kier alpha value is -2.63. The van der Waals surface area contributed by atoms with E-state index in [1.165, 1.54) is 6.08 Å². The number of amides is 3. The molecule has 1 aliphatic rings. The summed E-state index contributed by atoms with van der Waals surface area (Å²) in [7, 11) is 0. The van der Waals surface area contributed by atoms with Crippen LogP contribution in [0.2, 0.25) is 0 Å². The summed E-state index contributed by atoms with van der Waals surface area (Å²) in [5.74, 6) is -0.584. The van der Waals surface area contributed by atoms with Crippen LogP contribution in [0.5, 0.6) is 0 Å². The van der Waals surface area contributed by atoms with Crippen molar-refractivity contribution in [1.82, 2.24) is 15.5 Å². The van der Waals surface area contributed by atoms with Crippen LogP contribution in [0.15, 0.2) is 36.9 Å². The van der Waals surface area contributed by atoms with Gasteiger partial charge in [-0.15, -0.1) is 0 Å². The molecule has 0 unspecified atom stereocenters. The van der Waals surface area contributed by atoms with Crippen LogP contribution in [-0.2, 0) is 9.59 Å². The summed E-state index contributed by atoms with van der Waals surface area (Å²) >= 11 is 0. The van der Waals surface area contributed by atoms with E-state index in [0.29, 0.717) is 31.7 Å². The molecule has 0 bridgehead atoms. The van der Waals surface area contributed by atoms with E-state index in [-0.39, 0.29) is 23.6 Å². The van der Waals surface area contributed by atoms with Crippen LogP contribution in [-0.4, -0.2) is 48.8 Å². The Morgan fingerprint density at radius 3 is 2.39 bits per heavy atom. The summed E-state index contributed by atoms with van der Waals surface area (Å²) in [6, 6.07) is 7.29. The van der Waals surface area contributed by atoms with Crippen molar-refractivity contribution >= 4 is 17.7 Å². The minimum Gasteiger partial charge on any atom is -0.354 e. The van der Waals surface area contributed by atoms with Gasteiger partial charge in [0.25, 0.3) is 5.91 Å². The van der Waals surface area contributed by atoms with Gasteiger partial charge in [-0.05, 0) is 25.1 Å². The van der Waals surface area contributed by atoms with Crippen LogP contribution in [0, 0.1) is 12.8 Å². The zero-order chi connectivity index (χ0) is 16.8. The molecule has 3 amide bonds. The van der Waals surface area contributed by atoms with Crippen LogP contribution in [0.4, 0.5) is 0 Å². The second-order valence-corrected chi connectivity index (χ2v) is 5.56. The molecule has 1 heterocycles. The summed E-state index contributed by atoms with van der Waals surface area (Å²) in [4.78, 5) is 36.6. The molecule has 0 radical (unpaired) electrons. The molecule has 1 aromatic rings. The van der Waals surface area contributed by atoms with Crippen molar-refractivity contribution in [1.29, 1.82) is 0 Å². The molecule has 6 heteroatoms. The maximum Gasteiger partial charge on any atom is 0.251 e. The number of nitrogens with zero attached hydrogens (tertiary/aromatic N) is 1. The Balaban J connectivity index is 1.63. The van der Waals surface area contributed by atoms with Gasteiger partial charge in [0, 0.05) is 31.7 Å². The highest BCUT2D eigenvalue weighted by Crippen LogP contribution is 2.15. The first kappa shape index (κ1) is 16.7. The molecule has 0 aromatic heterocycles. The van der Waals surface area contributed by atoms with Crippen LogP contribution in [0.1, 0.15) is 15.9 Å². The van der Waals surface area contributed by atoms with Crippen molar-refractivity contribution < 1.29 is 14.4 Å². The lowest BCUT2D eigenvalue weighted by Gasteiger charge is -2.37. The molecule has 6 nitrogen and oxygen atoms in total. The van der Waals surface area contributed by atoms with E-state index in [9.17, 15) is 14.4 Å². The standard InChI is InChI=1S/C17H21N3O3/c1-3-15(21)20-10-14(11-20)17(23)19-9-8-18-16(22)13-6-4-12(2)5-7-13/h3-7,14H,1,8-11H2,2H3,(H,18,22)(H,19,23). The first-order valence-corrected chi connectivity index (χ1v) is 7.55. The van der Waals surface area contributed by atoms with Crippen molar-refractivity contribution in [3.63, 3.8) is 0 Å². The predicted octanol–water partition coefficient (Wildman–Crippen LogP) is 0.485.